The van der Waals surface area contributed by atoms with Gasteiger partial charge in [0, 0.05) is 36.3 Å². The van der Waals surface area contributed by atoms with E-state index in [0.29, 0.717) is 23.6 Å². The highest BCUT2D eigenvalue weighted by molar-refractivity contribution is 7.92. The summed E-state index contributed by atoms with van der Waals surface area (Å²) >= 11 is 6.28. The summed E-state index contributed by atoms with van der Waals surface area (Å²) in [5, 5.41) is 9.00. The number of carbonyl (C=O) groups excluding carboxylic acids is 1. The van der Waals surface area contributed by atoms with Crippen molar-refractivity contribution in [2.24, 2.45) is 0 Å². The number of amides is 1. The van der Waals surface area contributed by atoms with E-state index in [1.165, 1.54) is 29.8 Å². The summed E-state index contributed by atoms with van der Waals surface area (Å²) in [4.78, 5) is 18.1. The Labute approximate surface area is 182 Å². The zero-order valence-electron chi connectivity index (χ0n) is 17.6. The first-order chi connectivity index (χ1) is 14.0. The molecule has 2 rings (SSSR count). The lowest BCUT2D eigenvalue weighted by Crippen LogP contribution is -2.47. The lowest BCUT2D eigenvalue weighted by Gasteiger charge is -2.33. The number of aromatic nitrogens is 1. The van der Waals surface area contributed by atoms with Crippen LogP contribution < -0.4 is 0 Å². The van der Waals surface area contributed by atoms with Crippen LogP contribution in [0.5, 0.6) is 0 Å². The number of fused-ring (bicyclic) bond motifs is 1. The van der Waals surface area contributed by atoms with E-state index in [2.05, 4.69) is 4.98 Å². The van der Waals surface area contributed by atoms with Crippen molar-refractivity contribution in [1.29, 1.82) is 0 Å². The number of benzene rings is 1. The fourth-order valence-electron chi connectivity index (χ4n) is 3.09. The van der Waals surface area contributed by atoms with E-state index in [-0.39, 0.29) is 23.1 Å². The van der Waals surface area contributed by atoms with E-state index < -0.39 is 26.9 Å². The fraction of sp³-hybridized carbons (Fsp3) is 0.476. The van der Waals surface area contributed by atoms with Gasteiger partial charge in [-0.15, -0.1) is 0 Å². The number of carbonyl (C=O) groups is 1. The molecule has 1 radical (unpaired) electrons. The third-order valence-electron chi connectivity index (χ3n) is 4.35. The van der Waals surface area contributed by atoms with Crippen molar-refractivity contribution in [2.75, 3.05) is 13.2 Å². The number of aliphatic hydroxyl groups is 1. The molecule has 1 amide bonds. The Balaban J connectivity index is 2.55. The Morgan fingerprint density at radius 1 is 1.30 bits per heavy atom. The van der Waals surface area contributed by atoms with E-state index in [9.17, 15) is 13.2 Å². The van der Waals surface area contributed by atoms with E-state index >= 15 is 0 Å². The molecule has 165 valence electrons. The van der Waals surface area contributed by atoms with Crippen molar-refractivity contribution in [2.45, 2.75) is 56.4 Å². The largest absolute Gasteiger partial charge is 0.444 e. The molecule has 0 saturated heterocycles. The van der Waals surface area contributed by atoms with Crippen molar-refractivity contribution in [3.05, 3.63) is 42.0 Å². The molecule has 0 fully saturated rings. The smallest absolute Gasteiger partial charge is 0.411 e. The fourth-order valence-corrected chi connectivity index (χ4v) is 5.34. The van der Waals surface area contributed by atoms with Gasteiger partial charge in [0.25, 0.3) is 0 Å². The zero-order valence-corrected chi connectivity index (χ0v) is 19.2. The predicted octanol–water partition coefficient (Wildman–Crippen LogP) is 4.22. The van der Waals surface area contributed by atoms with Crippen molar-refractivity contribution in [3.63, 3.8) is 0 Å². The van der Waals surface area contributed by atoms with Crippen LogP contribution in [0.3, 0.4) is 0 Å². The molecular weight excluding hydrogens is 428 g/mol. The number of rotatable bonds is 8. The van der Waals surface area contributed by atoms with Crippen LogP contribution in [0.2, 0.25) is 5.02 Å². The minimum Gasteiger partial charge on any atom is -0.444 e. The Morgan fingerprint density at radius 2 is 2.00 bits per heavy atom. The number of pyridine rings is 1. The maximum atomic E-state index is 13.7. The summed E-state index contributed by atoms with van der Waals surface area (Å²) in [6.07, 6.45) is 4.50. The second kappa shape index (κ2) is 9.94. The van der Waals surface area contributed by atoms with Gasteiger partial charge in [0.2, 0.25) is 9.84 Å². The number of sulfone groups is 1. The van der Waals surface area contributed by atoms with Gasteiger partial charge in [-0.3, -0.25) is 9.88 Å². The molecular formula is C21H28ClN2O5S. The number of hydrogen-bond acceptors (Lipinski definition) is 6. The van der Waals surface area contributed by atoms with Crippen LogP contribution in [0.1, 0.15) is 40.5 Å². The highest BCUT2D eigenvalue weighted by atomic mass is 35.5. The van der Waals surface area contributed by atoms with Gasteiger partial charge in [0.15, 0.2) is 0 Å². The Kier molecular flexibility index (Phi) is 8.07. The van der Waals surface area contributed by atoms with E-state index in [1.807, 2.05) is 0 Å². The third-order valence-corrected chi connectivity index (χ3v) is 6.75. The summed E-state index contributed by atoms with van der Waals surface area (Å²) in [5.41, 5.74) is -0.789. The third kappa shape index (κ3) is 5.62. The molecule has 1 N–H and O–H groups in total. The second-order valence-corrected chi connectivity index (χ2v) is 10.3. The quantitative estimate of drug-likeness (QED) is 0.598. The summed E-state index contributed by atoms with van der Waals surface area (Å²) in [6, 6.07) is 4.81. The van der Waals surface area contributed by atoms with Gasteiger partial charge in [0.1, 0.15) is 11.0 Å². The molecule has 0 aliphatic rings. The number of unbranched alkanes of at least 4 members (excludes halogenated alkanes) is 1. The lowest BCUT2D eigenvalue weighted by atomic mass is 10.2. The minimum absolute atomic E-state index is 0.0196. The maximum Gasteiger partial charge on any atom is 0.411 e. The average molecular weight is 456 g/mol. The van der Waals surface area contributed by atoms with Crippen LogP contribution in [0.25, 0.3) is 10.8 Å². The molecule has 1 aromatic heterocycles. The average Bonchev–Trinajstić information content (AvgIpc) is 2.65. The highest BCUT2D eigenvalue weighted by Gasteiger charge is 2.37. The molecule has 0 bridgehead atoms. The molecule has 0 unspecified atom stereocenters. The summed E-state index contributed by atoms with van der Waals surface area (Å²) in [5.74, 6) is 0. The molecule has 7 nitrogen and oxygen atoms in total. The van der Waals surface area contributed by atoms with Crippen molar-refractivity contribution >= 4 is 38.3 Å². The summed E-state index contributed by atoms with van der Waals surface area (Å²) in [7, 11) is -4.04. The van der Waals surface area contributed by atoms with Gasteiger partial charge in [-0.05, 0) is 46.1 Å². The molecule has 0 spiro atoms. The Bertz CT molecular complexity index is 983. The van der Waals surface area contributed by atoms with Crippen LogP contribution in [-0.4, -0.2) is 53.6 Å². The van der Waals surface area contributed by atoms with Crippen LogP contribution in [0.4, 0.5) is 4.79 Å². The Morgan fingerprint density at radius 3 is 2.60 bits per heavy atom. The van der Waals surface area contributed by atoms with Crippen molar-refractivity contribution in [3.8, 4) is 0 Å². The van der Waals surface area contributed by atoms with Gasteiger partial charge in [-0.1, -0.05) is 30.7 Å². The zero-order chi connectivity index (χ0) is 22.5. The standard InChI is InChI=1S/C21H28ClN2O5S/c1-5-18(24(11-6-7-12-25)20(26)29-21(2,3)4)30(27,28)17-10-8-9-15-13-23-14-16(22)19(15)17/h5,8-10,13-14,18,25H,6-7,11-12H2,1-4H3/t18-/m0/s1. The second-order valence-electron chi connectivity index (χ2n) is 7.85. The van der Waals surface area contributed by atoms with Crippen molar-refractivity contribution < 1.29 is 23.1 Å². The number of hydrogen-bond donors (Lipinski definition) is 1. The number of halogens is 1. The van der Waals surface area contributed by atoms with Crippen LogP contribution in [0.15, 0.2) is 35.5 Å². The van der Waals surface area contributed by atoms with Gasteiger partial charge in [-0.25, -0.2) is 13.2 Å². The molecule has 1 heterocycles. The normalized spacial score (nSPS) is 13.3. The first kappa shape index (κ1) is 24.4. The molecule has 1 aromatic carbocycles. The lowest BCUT2D eigenvalue weighted by molar-refractivity contribution is 0.0233. The first-order valence-corrected chi connectivity index (χ1v) is 11.6. The number of aliphatic hydroxyl groups excluding tert-OH is 1. The topological polar surface area (TPSA) is 96.8 Å². The van der Waals surface area contributed by atoms with Gasteiger partial charge in [0.05, 0.1) is 9.92 Å². The SMILES string of the molecule is C[CH][C@@H](N(CCCCO)C(=O)OC(C)(C)C)S(=O)(=O)c1cccc2cncc(Cl)c12. The highest BCUT2D eigenvalue weighted by Crippen LogP contribution is 2.33. The maximum absolute atomic E-state index is 13.7. The molecule has 1 atom stereocenters. The van der Waals surface area contributed by atoms with Gasteiger partial charge >= 0.3 is 6.09 Å². The molecule has 2 aromatic rings. The molecule has 9 heteroatoms. The molecule has 0 aliphatic heterocycles. The van der Waals surface area contributed by atoms with Crippen molar-refractivity contribution in [1.82, 2.24) is 9.88 Å². The van der Waals surface area contributed by atoms with E-state index in [4.69, 9.17) is 21.4 Å². The van der Waals surface area contributed by atoms with Crippen LogP contribution >= 0.6 is 11.6 Å². The minimum atomic E-state index is -4.04. The summed E-state index contributed by atoms with van der Waals surface area (Å²) in [6.45, 7) is 6.79. The summed E-state index contributed by atoms with van der Waals surface area (Å²) < 4.78 is 32.8. The van der Waals surface area contributed by atoms with Crippen LogP contribution in [0, 0.1) is 6.42 Å². The van der Waals surface area contributed by atoms with E-state index in [0.717, 1.165) is 0 Å². The number of nitrogens with zero attached hydrogens (tertiary/aromatic N) is 2. The molecule has 0 aliphatic carbocycles. The van der Waals surface area contributed by atoms with Gasteiger partial charge < -0.3 is 9.84 Å². The first-order valence-electron chi connectivity index (χ1n) is 9.69. The Hall–Kier alpha value is -1.90. The predicted molar refractivity (Wildman–Crippen MR) is 117 cm³/mol. The monoisotopic (exact) mass is 455 g/mol. The molecule has 30 heavy (non-hydrogen) atoms. The number of ether oxygens (including phenoxy) is 1. The van der Waals surface area contributed by atoms with E-state index in [1.54, 1.807) is 39.8 Å². The van der Waals surface area contributed by atoms with Crippen LogP contribution in [-0.2, 0) is 14.6 Å². The van der Waals surface area contributed by atoms with Gasteiger partial charge in [-0.2, -0.15) is 0 Å². The molecule has 0 saturated carbocycles.